The molecule has 0 spiro atoms. The topological polar surface area (TPSA) is 41.1 Å². The van der Waals surface area contributed by atoms with E-state index in [1.54, 1.807) is 0 Å². The highest BCUT2D eigenvalue weighted by Gasteiger charge is 2.29. The Morgan fingerprint density at radius 3 is 2.21 bits per heavy atom. The Morgan fingerprint density at radius 1 is 0.917 bits per heavy atom. The Hall–Kier alpha value is -2.50. The van der Waals surface area contributed by atoms with Crippen LogP contribution in [0.25, 0.3) is 0 Å². The molecular formula is C18H19F3N2O. The summed E-state index contributed by atoms with van der Waals surface area (Å²) >= 11 is 0. The minimum Gasteiger partial charge on any atom is -0.338 e. The molecule has 0 heterocycles. The van der Waals surface area contributed by atoms with Crippen LogP contribution in [0.1, 0.15) is 24.0 Å². The molecule has 0 saturated heterocycles. The van der Waals surface area contributed by atoms with E-state index in [1.807, 2.05) is 18.2 Å². The smallest absolute Gasteiger partial charge is 0.338 e. The summed E-state index contributed by atoms with van der Waals surface area (Å²) in [6, 6.07) is 14.0. The molecular weight excluding hydrogens is 317 g/mol. The third kappa shape index (κ3) is 5.95. The fraction of sp³-hybridized carbons (Fsp3) is 0.278. The lowest BCUT2D eigenvalue weighted by Gasteiger charge is -2.10. The van der Waals surface area contributed by atoms with Crippen molar-refractivity contribution in [1.29, 1.82) is 0 Å². The first kappa shape index (κ1) is 17.8. The van der Waals surface area contributed by atoms with Crippen molar-refractivity contribution in [2.75, 3.05) is 11.9 Å². The molecule has 0 saturated carbocycles. The van der Waals surface area contributed by atoms with E-state index in [0.717, 1.165) is 31.4 Å². The van der Waals surface area contributed by atoms with Crippen LogP contribution in [0.2, 0.25) is 0 Å². The molecule has 0 atom stereocenters. The predicted molar refractivity (Wildman–Crippen MR) is 87.8 cm³/mol. The van der Waals surface area contributed by atoms with Crippen molar-refractivity contribution in [2.45, 2.75) is 25.4 Å². The lowest BCUT2D eigenvalue weighted by Crippen LogP contribution is -2.29. The molecule has 2 rings (SSSR count). The summed E-state index contributed by atoms with van der Waals surface area (Å²) in [5, 5.41) is 5.20. The molecule has 0 unspecified atom stereocenters. The minimum atomic E-state index is -4.38. The van der Waals surface area contributed by atoms with Crippen molar-refractivity contribution in [3.8, 4) is 0 Å². The van der Waals surface area contributed by atoms with Crippen LogP contribution in [0, 0.1) is 0 Å². The second-order valence-corrected chi connectivity index (χ2v) is 5.40. The average Bonchev–Trinajstić information content (AvgIpc) is 2.55. The van der Waals surface area contributed by atoms with Gasteiger partial charge in [-0.1, -0.05) is 30.3 Å². The number of carbonyl (C=O) groups excluding carboxylic acids is 1. The summed E-state index contributed by atoms with van der Waals surface area (Å²) < 4.78 is 37.3. The number of amides is 2. The maximum atomic E-state index is 12.4. The van der Waals surface area contributed by atoms with Crippen LogP contribution in [0.5, 0.6) is 0 Å². The Kier molecular flexibility index (Phi) is 6.23. The van der Waals surface area contributed by atoms with Gasteiger partial charge in [0.1, 0.15) is 0 Å². The number of nitrogens with one attached hydrogen (secondary N) is 2. The predicted octanol–water partition coefficient (Wildman–Crippen LogP) is 4.85. The second kappa shape index (κ2) is 8.38. The highest BCUT2D eigenvalue weighted by molar-refractivity contribution is 5.89. The highest BCUT2D eigenvalue weighted by atomic mass is 19.4. The summed E-state index contributed by atoms with van der Waals surface area (Å²) in [7, 11) is 0. The van der Waals surface area contributed by atoms with Crippen molar-refractivity contribution in [2.24, 2.45) is 0 Å². The SMILES string of the molecule is O=C(NCCCCc1ccccc1)Nc1ccc(C(F)(F)F)cc1. The summed E-state index contributed by atoms with van der Waals surface area (Å²) in [5.74, 6) is 0. The van der Waals surface area contributed by atoms with E-state index < -0.39 is 17.8 Å². The van der Waals surface area contributed by atoms with Crippen LogP contribution in [0.15, 0.2) is 54.6 Å². The molecule has 24 heavy (non-hydrogen) atoms. The zero-order chi connectivity index (χ0) is 17.4. The van der Waals surface area contributed by atoms with Gasteiger partial charge in [0.25, 0.3) is 0 Å². The number of halogens is 3. The van der Waals surface area contributed by atoms with Gasteiger partial charge in [0, 0.05) is 12.2 Å². The van der Waals surface area contributed by atoms with E-state index in [-0.39, 0.29) is 0 Å². The number of urea groups is 1. The molecule has 0 fully saturated rings. The van der Waals surface area contributed by atoms with E-state index >= 15 is 0 Å². The molecule has 0 aromatic heterocycles. The number of aryl methyl sites for hydroxylation is 1. The number of anilines is 1. The number of unbranched alkanes of at least 4 members (excludes halogenated alkanes) is 1. The van der Waals surface area contributed by atoms with Gasteiger partial charge in [-0.15, -0.1) is 0 Å². The van der Waals surface area contributed by atoms with Crippen LogP contribution in [0.3, 0.4) is 0 Å². The van der Waals surface area contributed by atoms with Crippen molar-refractivity contribution < 1.29 is 18.0 Å². The number of hydrogen-bond acceptors (Lipinski definition) is 1. The van der Waals surface area contributed by atoms with Gasteiger partial charge in [-0.3, -0.25) is 0 Å². The van der Waals surface area contributed by atoms with Gasteiger partial charge in [0.15, 0.2) is 0 Å². The van der Waals surface area contributed by atoms with Crippen LogP contribution >= 0.6 is 0 Å². The van der Waals surface area contributed by atoms with Gasteiger partial charge >= 0.3 is 12.2 Å². The molecule has 0 radical (unpaired) electrons. The lowest BCUT2D eigenvalue weighted by atomic mass is 10.1. The van der Waals surface area contributed by atoms with Crippen LogP contribution < -0.4 is 10.6 Å². The number of hydrogen-bond donors (Lipinski definition) is 2. The molecule has 2 amide bonds. The first-order valence-electron chi connectivity index (χ1n) is 7.71. The summed E-state index contributed by atoms with van der Waals surface area (Å²) in [5.41, 5.74) is 0.839. The van der Waals surface area contributed by atoms with Gasteiger partial charge < -0.3 is 10.6 Å². The van der Waals surface area contributed by atoms with Crippen LogP contribution in [-0.4, -0.2) is 12.6 Å². The molecule has 128 valence electrons. The van der Waals surface area contributed by atoms with E-state index in [4.69, 9.17) is 0 Å². The largest absolute Gasteiger partial charge is 0.416 e. The number of carbonyl (C=O) groups is 1. The van der Waals surface area contributed by atoms with E-state index in [9.17, 15) is 18.0 Å². The third-order valence-electron chi connectivity index (χ3n) is 3.49. The Balaban J connectivity index is 1.66. The van der Waals surface area contributed by atoms with Gasteiger partial charge in [-0.25, -0.2) is 4.79 Å². The van der Waals surface area contributed by atoms with Crippen molar-refractivity contribution in [3.63, 3.8) is 0 Å². The molecule has 6 heteroatoms. The molecule has 0 aliphatic heterocycles. The Morgan fingerprint density at radius 2 is 1.58 bits per heavy atom. The van der Waals surface area contributed by atoms with E-state index in [0.29, 0.717) is 12.2 Å². The van der Waals surface area contributed by atoms with Gasteiger partial charge in [-0.2, -0.15) is 13.2 Å². The Bertz CT molecular complexity index is 640. The average molecular weight is 336 g/mol. The maximum absolute atomic E-state index is 12.4. The van der Waals surface area contributed by atoms with Gasteiger partial charge in [-0.05, 0) is 49.1 Å². The van der Waals surface area contributed by atoms with Gasteiger partial charge in [0.2, 0.25) is 0 Å². The molecule has 3 nitrogen and oxygen atoms in total. The fourth-order valence-electron chi connectivity index (χ4n) is 2.22. The second-order valence-electron chi connectivity index (χ2n) is 5.40. The third-order valence-corrected chi connectivity index (χ3v) is 3.49. The first-order valence-corrected chi connectivity index (χ1v) is 7.71. The zero-order valence-corrected chi connectivity index (χ0v) is 13.1. The molecule has 0 aliphatic carbocycles. The summed E-state index contributed by atoms with van der Waals surface area (Å²) in [6.45, 7) is 0.513. The quantitative estimate of drug-likeness (QED) is 0.728. The van der Waals surface area contributed by atoms with Crippen molar-refractivity contribution >= 4 is 11.7 Å². The molecule has 2 N–H and O–H groups in total. The van der Waals surface area contributed by atoms with Gasteiger partial charge in [0.05, 0.1) is 5.56 Å². The lowest BCUT2D eigenvalue weighted by molar-refractivity contribution is -0.137. The van der Waals surface area contributed by atoms with Crippen molar-refractivity contribution in [3.05, 3.63) is 65.7 Å². The van der Waals surface area contributed by atoms with Crippen LogP contribution in [0.4, 0.5) is 23.7 Å². The number of rotatable bonds is 6. The number of alkyl halides is 3. The number of benzene rings is 2. The van der Waals surface area contributed by atoms with Crippen LogP contribution in [-0.2, 0) is 12.6 Å². The molecule has 0 aliphatic rings. The Labute approximate surface area is 138 Å². The van der Waals surface area contributed by atoms with E-state index in [2.05, 4.69) is 22.8 Å². The normalized spacial score (nSPS) is 11.1. The standard InChI is InChI=1S/C18H19F3N2O/c19-18(20,21)15-9-11-16(12-10-15)23-17(24)22-13-5-4-8-14-6-2-1-3-7-14/h1-3,6-7,9-12H,4-5,8,13H2,(H2,22,23,24). The monoisotopic (exact) mass is 336 g/mol. The summed E-state index contributed by atoms with van der Waals surface area (Å²) in [4.78, 5) is 11.7. The zero-order valence-electron chi connectivity index (χ0n) is 13.1. The summed E-state index contributed by atoms with van der Waals surface area (Å²) in [6.07, 6.45) is -1.65. The molecule has 2 aromatic carbocycles. The molecule has 0 bridgehead atoms. The first-order chi connectivity index (χ1) is 11.4. The minimum absolute atomic E-state index is 0.324. The van der Waals surface area contributed by atoms with Crippen molar-refractivity contribution in [1.82, 2.24) is 5.32 Å². The highest BCUT2D eigenvalue weighted by Crippen LogP contribution is 2.29. The molecule has 2 aromatic rings. The van der Waals surface area contributed by atoms with E-state index in [1.165, 1.54) is 17.7 Å². The fourth-order valence-corrected chi connectivity index (χ4v) is 2.22. The maximum Gasteiger partial charge on any atom is 0.416 e.